The van der Waals surface area contributed by atoms with Gasteiger partial charge in [-0.3, -0.25) is 4.79 Å². The molecule has 0 radical (unpaired) electrons. The summed E-state index contributed by atoms with van der Waals surface area (Å²) in [7, 11) is 0. The zero-order valence-corrected chi connectivity index (χ0v) is 12.0. The third kappa shape index (κ3) is 3.28. The second-order valence-electron chi connectivity index (χ2n) is 4.89. The Morgan fingerprint density at radius 2 is 2.19 bits per heavy atom. The number of amides is 1. The molecule has 112 valence electrons. The van der Waals surface area contributed by atoms with Gasteiger partial charge >= 0.3 is 0 Å². The first-order chi connectivity index (χ1) is 10.0. The number of aromatic nitrogens is 2. The van der Waals surface area contributed by atoms with Gasteiger partial charge in [0, 0.05) is 12.6 Å². The summed E-state index contributed by atoms with van der Waals surface area (Å²) in [5.41, 5.74) is 1.26. The number of carbonyl (C=O) groups excluding carboxylic acids is 1. The van der Waals surface area contributed by atoms with Gasteiger partial charge in [-0.15, -0.1) is 0 Å². The maximum atomic E-state index is 13.8. The van der Waals surface area contributed by atoms with E-state index < -0.39 is 5.82 Å². The third-order valence-corrected chi connectivity index (χ3v) is 3.27. The lowest BCUT2D eigenvalue weighted by molar-refractivity contribution is 0.0933. The van der Waals surface area contributed by atoms with Crippen molar-refractivity contribution in [3.05, 3.63) is 47.5 Å². The molecule has 1 aromatic carbocycles. The standard InChI is InChI=1S/C15H18FN3O2/c1-10(7-8-20)18-15(21)12-9-17-19(11(12)2)14-6-4-3-5-13(14)16/h3-6,9-10,20H,7-8H2,1-2H3,(H,18,21). The molecule has 6 heteroatoms. The lowest BCUT2D eigenvalue weighted by Gasteiger charge is -2.12. The van der Waals surface area contributed by atoms with Crippen molar-refractivity contribution in [1.29, 1.82) is 0 Å². The number of hydrogen-bond acceptors (Lipinski definition) is 3. The van der Waals surface area contributed by atoms with Crippen LogP contribution in [0, 0.1) is 12.7 Å². The zero-order valence-electron chi connectivity index (χ0n) is 12.0. The van der Waals surface area contributed by atoms with E-state index in [-0.39, 0.29) is 18.6 Å². The Balaban J connectivity index is 2.25. The Bertz CT molecular complexity index is 640. The maximum absolute atomic E-state index is 13.8. The number of aliphatic hydroxyl groups is 1. The quantitative estimate of drug-likeness (QED) is 0.883. The van der Waals surface area contributed by atoms with Gasteiger partial charge in [0.1, 0.15) is 11.5 Å². The van der Waals surface area contributed by atoms with Gasteiger partial charge in [0.25, 0.3) is 5.91 Å². The summed E-state index contributed by atoms with van der Waals surface area (Å²) in [5, 5.41) is 15.7. The Morgan fingerprint density at radius 3 is 2.86 bits per heavy atom. The molecule has 1 amide bonds. The second-order valence-corrected chi connectivity index (χ2v) is 4.89. The molecule has 1 heterocycles. The summed E-state index contributed by atoms with van der Waals surface area (Å²) < 4.78 is 15.2. The highest BCUT2D eigenvalue weighted by Gasteiger charge is 2.17. The number of benzene rings is 1. The van der Waals surface area contributed by atoms with Gasteiger partial charge in [-0.1, -0.05) is 12.1 Å². The summed E-state index contributed by atoms with van der Waals surface area (Å²) in [4.78, 5) is 12.1. The van der Waals surface area contributed by atoms with E-state index in [4.69, 9.17) is 5.11 Å². The lowest BCUT2D eigenvalue weighted by atomic mass is 10.2. The number of hydrogen-bond donors (Lipinski definition) is 2. The molecule has 0 aliphatic carbocycles. The van der Waals surface area contributed by atoms with Crippen LogP contribution < -0.4 is 5.32 Å². The largest absolute Gasteiger partial charge is 0.396 e. The van der Waals surface area contributed by atoms with Crippen LogP contribution in [-0.2, 0) is 0 Å². The van der Waals surface area contributed by atoms with E-state index >= 15 is 0 Å². The topological polar surface area (TPSA) is 67.2 Å². The van der Waals surface area contributed by atoms with Crippen LogP contribution in [0.25, 0.3) is 5.69 Å². The SMILES string of the molecule is Cc1c(C(=O)NC(C)CCO)cnn1-c1ccccc1F. The normalized spacial score (nSPS) is 12.2. The Hall–Kier alpha value is -2.21. The van der Waals surface area contributed by atoms with Crippen LogP contribution in [0.15, 0.2) is 30.5 Å². The second kappa shape index (κ2) is 6.49. The van der Waals surface area contributed by atoms with Crippen molar-refractivity contribution in [2.45, 2.75) is 26.3 Å². The highest BCUT2D eigenvalue weighted by molar-refractivity contribution is 5.95. The molecule has 1 unspecified atom stereocenters. The fourth-order valence-corrected chi connectivity index (χ4v) is 2.07. The number of aliphatic hydroxyl groups excluding tert-OH is 1. The molecule has 5 nitrogen and oxygen atoms in total. The van der Waals surface area contributed by atoms with Crippen LogP contribution in [0.3, 0.4) is 0 Å². The minimum absolute atomic E-state index is 0.00885. The van der Waals surface area contributed by atoms with Gasteiger partial charge in [0.15, 0.2) is 0 Å². The van der Waals surface area contributed by atoms with Crippen molar-refractivity contribution < 1.29 is 14.3 Å². The first-order valence-corrected chi connectivity index (χ1v) is 6.76. The molecule has 0 fully saturated rings. The van der Waals surface area contributed by atoms with Crippen molar-refractivity contribution in [2.75, 3.05) is 6.61 Å². The van der Waals surface area contributed by atoms with Gasteiger partial charge in [-0.25, -0.2) is 9.07 Å². The molecule has 0 aliphatic heterocycles. The summed E-state index contributed by atoms with van der Waals surface area (Å²) in [5.74, 6) is -0.680. The predicted molar refractivity (Wildman–Crippen MR) is 76.9 cm³/mol. The first-order valence-electron chi connectivity index (χ1n) is 6.76. The third-order valence-electron chi connectivity index (χ3n) is 3.27. The van der Waals surface area contributed by atoms with Crippen LogP contribution in [0.4, 0.5) is 4.39 Å². The lowest BCUT2D eigenvalue weighted by Crippen LogP contribution is -2.33. The molecule has 0 spiro atoms. The molecule has 2 rings (SSSR count). The van der Waals surface area contributed by atoms with Crippen LogP contribution in [0.1, 0.15) is 29.4 Å². The predicted octanol–water partition coefficient (Wildman–Crippen LogP) is 1.82. The van der Waals surface area contributed by atoms with E-state index in [9.17, 15) is 9.18 Å². The minimum Gasteiger partial charge on any atom is -0.396 e. The molecular weight excluding hydrogens is 273 g/mol. The number of rotatable bonds is 5. The van der Waals surface area contributed by atoms with Crippen LogP contribution in [0.2, 0.25) is 0 Å². The van der Waals surface area contributed by atoms with E-state index in [0.29, 0.717) is 23.4 Å². The summed E-state index contributed by atoms with van der Waals surface area (Å²) in [6, 6.07) is 6.12. The van der Waals surface area contributed by atoms with E-state index in [1.54, 1.807) is 25.1 Å². The molecule has 0 saturated heterocycles. The Morgan fingerprint density at radius 1 is 1.48 bits per heavy atom. The number of para-hydroxylation sites is 1. The van der Waals surface area contributed by atoms with E-state index in [0.717, 1.165) is 0 Å². The number of nitrogens with one attached hydrogen (secondary N) is 1. The average molecular weight is 291 g/mol. The van der Waals surface area contributed by atoms with Crippen LogP contribution >= 0.6 is 0 Å². The van der Waals surface area contributed by atoms with Crippen molar-refractivity contribution in [2.24, 2.45) is 0 Å². The average Bonchev–Trinajstić information content (AvgIpc) is 2.81. The summed E-state index contributed by atoms with van der Waals surface area (Å²) in [6.45, 7) is 3.53. The van der Waals surface area contributed by atoms with Gasteiger partial charge in [0.2, 0.25) is 0 Å². The van der Waals surface area contributed by atoms with Crippen molar-refractivity contribution in [1.82, 2.24) is 15.1 Å². The first kappa shape index (κ1) is 15.2. The molecule has 0 saturated carbocycles. The zero-order chi connectivity index (χ0) is 15.4. The fraction of sp³-hybridized carbons (Fsp3) is 0.333. The molecule has 1 atom stereocenters. The highest BCUT2D eigenvalue weighted by Crippen LogP contribution is 2.17. The Kier molecular flexibility index (Phi) is 4.70. The molecule has 0 bridgehead atoms. The monoisotopic (exact) mass is 291 g/mol. The van der Waals surface area contributed by atoms with Gasteiger partial charge < -0.3 is 10.4 Å². The fourth-order valence-electron chi connectivity index (χ4n) is 2.07. The summed E-state index contributed by atoms with van der Waals surface area (Å²) >= 11 is 0. The summed E-state index contributed by atoms with van der Waals surface area (Å²) in [6.07, 6.45) is 1.90. The molecule has 2 aromatic rings. The Labute approximate surface area is 122 Å². The van der Waals surface area contributed by atoms with Crippen molar-refractivity contribution in [3.63, 3.8) is 0 Å². The molecular formula is C15H18FN3O2. The van der Waals surface area contributed by atoms with E-state index in [1.807, 2.05) is 6.92 Å². The molecule has 2 N–H and O–H groups in total. The number of carbonyl (C=O) groups is 1. The van der Waals surface area contributed by atoms with Crippen molar-refractivity contribution in [3.8, 4) is 5.69 Å². The smallest absolute Gasteiger partial charge is 0.254 e. The van der Waals surface area contributed by atoms with Gasteiger partial charge in [0.05, 0.1) is 17.5 Å². The minimum atomic E-state index is -0.399. The number of halogens is 1. The molecule has 21 heavy (non-hydrogen) atoms. The highest BCUT2D eigenvalue weighted by atomic mass is 19.1. The van der Waals surface area contributed by atoms with Crippen molar-refractivity contribution >= 4 is 5.91 Å². The maximum Gasteiger partial charge on any atom is 0.254 e. The van der Waals surface area contributed by atoms with Gasteiger partial charge in [-0.2, -0.15) is 5.10 Å². The molecule has 0 aliphatic rings. The van der Waals surface area contributed by atoms with E-state index in [2.05, 4.69) is 10.4 Å². The van der Waals surface area contributed by atoms with Crippen LogP contribution in [-0.4, -0.2) is 33.4 Å². The number of nitrogens with zero attached hydrogens (tertiary/aromatic N) is 2. The molecule has 1 aromatic heterocycles. The van der Waals surface area contributed by atoms with Crippen LogP contribution in [0.5, 0.6) is 0 Å². The van der Waals surface area contributed by atoms with Gasteiger partial charge in [-0.05, 0) is 32.4 Å². The van der Waals surface area contributed by atoms with E-state index in [1.165, 1.54) is 16.9 Å².